The van der Waals surface area contributed by atoms with Crippen molar-refractivity contribution in [1.29, 1.82) is 0 Å². The minimum absolute atomic E-state index is 1.11. The molecule has 0 unspecified atom stereocenters. The summed E-state index contributed by atoms with van der Waals surface area (Å²) in [5.41, 5.74) is 1.30. The van der Waals surface area contributed by atoms with Gasteiger partial charge >= 0.3 is 0 Å². The second kappa shape index (κ2) is 5.41. The molecule has 3 rings (SSSR count). The fourth-order valence-electron chi connectivity index (χ4n) is 2.94. The molecule has 0 spiro atoms. The van der Waals surface area contributed by atoms with Gasteiger partial charge in [-0.1, -0.05) is 0 Å². The molecule has 4 heteroatoms. The molecule has 0 saturated carbocycles. The Morgan fingerprint density at radius 1 is 1.11 bits per heavy atom. The van der Waals surface area contributed by atoms with Crippen molar-refractivity contribution < 1.29 is 0 Å². The van der Waals surface area contributed by atoms with E-state index in [1.54, 1.807) is 0 Å². The van der Waals surface area contributed by atoms with Gasteiger partial charge in [0, 0.05) is 58.3 Å². The lowest BCUT2D eigenvalue weighted by molar-refractivity contribution is 0.155. The summed E-state index contributed by atoms with van der Waals surface area (Å²) in [5, 5.41) is 0. The normalized spacial score (nSPS) is 22.1. The number of rotatable bonds is 3. The zero-order valence-electron chi connectivity index (χ0n) is 11.4. The van der Waals surface area contributed by atoms with Gasteiger partial charge in [0.1, 0.15) is 5.82 Å². The van der Waals surface area contributed by atoms with E-state index in [2.05, 4.69) is 27.6 Å². The molecule has 1 aromatic rings. The Labute approximate surface area is 110 Å². The van der Waals surface area contributed by atoms with Crippen molar-refractivity contribution in [2.75, 3.05) is 39.8 Å². The van der Waals surface area contributed by atoms with Crippen molar-refractivity contribution in [1.82, 2.24) is 19.4 Å². The Morgan fingerprint density at radius 3 is 2.72 bits per heavy atom. The van der Waals surface area contributed by atoms with E-state index in [1.807, 2.05) is 0 Å². The van der Waals surface area contributed by atoms with E-state index in [-0.39, 0.29) is 0 Å². The molecular formula is C14H24N4. The van der Waals surface area contributed by atoms with Crippen molar-refractivity contribution in [2.24, 2.45) is 0 Å². The topological polar surface area (TPSA) is 24.3 Å². The number of fused-ring (bicyclic) bond motifs is 1. The van der Waals surface area contributed by atoms with Crippen LogP contribution in [0.2, 0.25) is 0 Å². The first-order chi connectivity index (χ1) is 8.81. The number of piperazine rings is 1. The van der Waals surface area contributed by atoms with E-state index in [4.69, 9.17) is 4.98 Å². The standard InChI is InChI=1S/C14H24N4/c1-16-8-10-17(11-9-16)7-5-13-12-18-6-3-2-4-14(18)15-13/h12H,2-11H2,1H3. The van der Waals surface area contributed by atoms with Crippen LogP contribution in [0.25, 0.3) is 0 Å². The van der Waals surface area contributed by atoms with Crippen molar-refractivity contribution in [3.05, 3.63) is 17.7 Å². The predicted octanol–water partition coefficient (Wildman–Crippen LogP) is 1.01. The van der Waals surface area contributed by atoms with Gasteiger partial charge in [-0.25, -0.2) is 4.98 Å². The molecule has 0 aromatic carbocycles. The Balaban J connectivity index is 1.52. The fourth-order valence-corrected chi connectivity index (χ4v) is 2.94. The monoisotopic (exact) mass is 248 g/mol. The molecule has 0 amide bonds. The summed E-state index contributed by atoms with van der Waals surface area (Å²) in [7, 11) is 2.21. The third-order valence-electron chi connectivity index (χ3n) is 4.24. The third kappa shape index (κ3) is 2.75. The van der Waals surface area contributed by atoms with Crippen LogP contribution in [0.4, 0.5) is 0 Å². The summed E-state index contributed by atoms with van der Waals surface area (Å²) in [6, 6.07) is 0. The van der Waals surface area contributed by atoms with E-state index in [0.717, 1.165) is 6.42 Å². The minimum atomic E-state index is 1.11. The lowest BCUT2D eigenvalue weighted by Gasteiger charge is -2.32. The average Bonchev–Trinajstić information content (AvgIpc) is 2.81. The zero-order chi connectivity index (χ0) is 12.4. The molecule has 1 fully saturated rings. The molecule has 3 heterocycles. The van der Waals surface area contributed by atoms with Crippen LogP contribution in [0.1, 0.15) is 24.4 Å². The number of nitrogens with zero attached hydrogens (tertiary/aromatic N) is 4. The van der Waals surface area contributed by atoms with E-state index in [9.17, 15) is 0 Å². The first-order valence-corrected chi connectivity index (χ1v) is 7.27. The average molecular weight is 248 g/mol. The molecule has 1 saturated heterocycles. The smallest absolute Gasteiger partial charge is 0.108 e. The van der Waals surface area contributed by atoms with E-state index in [1.165, 1.54) is 70.0 Å². The highest BCUT2D eigenvalue weighted by Crippen LogP contribution is 2.15. The largest absolute Gasteiger partial charge is 0.335 e. The van der Waals surface area contributed by atoms with E-state index < -0.39 is 0 Å². The van der Waals surface area contributed by atoms with Gasteiger partial charge in [0.25, 0.3) is 0 Å². The van der Waals surface area contributed by atoms with Gasteiger partial charge in [0.05, 0.1) is 5.69 Å². The minimum Gasteiger partial charge on any atom is -0.335 e. The molecule has 18 heavy (non-hydrogen) atoms. The highest BCUT2D eigenvalue weighted by Gasteiger charge is 2.15. The maximum absolute atomic E-state index is 4.78. The Morgan fingerprint density at radius 2 is 1.94 bits per heavy atom. The SMILES string of the molecule is CN1CCN(CCc2cn3c(n2)CCCC3)CC1. The summed E-state index contributed by atoms with van der Waals surface area (Å²) in [6.07, 6.45) is 7.21. The summed E-state index contributed by atoms with van der Waals surface area (Å²) >= 11 is 0. The summed E-state index contributed by atoms with van der Waals surface area (Å²) in [4.78, 5) is 9.75. The van der Waals surface area contributed by atoms with Gasteiger partial charge in [-0.05, 0) is 19.9 Å². The highest BCUT2D eigenvalue weighted by atomic mass is 15.2. The molecule has 0 bridgehead atoms. The van der Waals surface area contributed by atoms with Gasteiger partial charge in [-0.2, -0.15) is 0 Å². The van der Waals surface area contributed by atoms with E-state index in [0.29, 0.717) is 0 Å². The van der Waals surface area contributed by atoms with Gasteiger partial charge in [-0.3, -0.25) is 0 Å². The number of likely N-dealkylation sites (N-methyl/N-ethyl adjacent to an activating group) is 1. The molecule has 2 aliphatic heterocycles. The summed E-state index contributed by atoms with van der Waals surface area (Å²) in [5.74, 6) is 1.31. The maximum atomic E-state index is 4.78. The van der Waals surface area contributed by atoms with Crippen molar-refractivity contribution in [3.8, 4) is 0 Å². The molecular weight excluding hydrogens is 224 g/mol. The molecule has 1 aromatic heterocycles. The van der Waals surface area contributed by atoms with E-state index >= 15 is 0 Å². The lowest BCUT2D eigenvalue weighted by atomic mass is 10.2. The molecule has 0 aliphatic carbocycles. The number of imidazole rings is 1. The van der Waals surface area contributed by atoms with Gasteiger partial charge in [0.15, 0.2) is 0 Å². The Hall–Kier alpha value is -0.870. The maximum Gasteiger partial charge on any atom is 0.108 e. The highest BCUT2D eigenvalue weighted by molar-refractivity contribution is 5.06. The first-order valence-electron chi connectivity index (χ1n) is 7.27. The van der Waals surface area contributed by atoms with Crippen molar-refractivity contribution >= 4 is 0 Å². The predicted molar refractivity (Wildman–Crippen MR) is 72.8 cm³/mol. The summed E-state index contributed by atoms with van der Waals surface area (Å²) in [6.45, 7) is 7.19. The Kier molecular flexibility index (Phi) is 3.66. The molecule has 100 valence electrons. The van der Waals surface area contributed by atoms with Crippen molar-refractivity contribution in [3.63, 3.8) is 0 Å². The summed E-state index contributed by atoms with van der Waals surface area (Å²) < 4.78 is 2.36. The fraction of sp³-hybridized carbons (Fsp3) is 0.786. The van der Waals surface area contributed by atoms with Crippen LogP contribution < -0.4 is 0 Å². The number of aryl methyl sites for hydroxylation is 2. The van der Waals surface area contributed by atoms with Crippen LogP contribution in [-0.2, 0) is 19.4 Å². The van der Waals surface area contributed by atoms with Gasteiger partial charge in [-0.15, -0.1) is 0 Å². The van der Waals surface area contributed by atoms with Gasteiger partial charge < -0.3 is 14.4 Å². The zero-order valence-corrected chi connectivity index (χ0v) is 11.4. The molecule has 0 N–H and O–H groups in total. The number of hydrogen-bond donors (Lipinski definition) is 0. The third-order valence-corrected chi connectivity index (χ3v) is 4.24. The molecule has 0 atom stereocenters. The van der Waals surface area contributed by atoms with Crippen LogP contribution in [0, 0.1) is 0 Å². The van der Waals surface area contributed by atoms with Crippen LogP contribution in [0.3, 0.4) is 0 Å². The van der Waals surface area contributed by atoms with Gasteiger partial charge in [0.2, 0.25) is 0 Å². The van der Waals surface area contributed by atoms with Crippen molar-refractivity contribution in [2.45, 2.75) is 32.2 Å². The molecule has 0 radical (unpaired) electrons. The first kappa shape index (κ1) is 12.2. The van der Waals surface area contributed by atoms with Crippen LogP contribution in [0.5, 0.6) is 0 Å². The second-order valence-corrected chi connectivity index (χ2v) is 5.69. The number of aromatic nitrogens is 2. The number of hydrogen-bond acceptors (Lipinski definition) is 3. The van der Waals surface area contributed by atoms with Crippen LogP contribution >= 0.6 is 0 Å². The Bertz CT molecular complexity index is 367. The van der Waals surface area contributed by atoms with Crippen LogP contribution in [-0.4, -0.2) is 59.1 Å². The molecule has 4 nitrogen and oxygen atoms in total. The lowest BCUT2D eigenvalue weighted by Crippen LogP contribution is -2.45. The quantitative estimate of drug-likeness (QED) is 0.798. The second-order valence-electron chi connectivity index (χ2n) is 5.69. The van der Waals surface area contributed by atoms with Crippen LogP contribution in [0.15, 0.2) is 6.20 Å². The molecule has 2 aliphatic rings.